The Hall–Kier alpha value is -2.03. The predicted octanol–water partition coefficient (Wildman–Crippen LogP) is 3.67. The van der Waals surface area contributed by atoms with Gasteiger partial charge in [-0.3, -0.25) is 0 Å². The number of nitrogens with zero attached hydrogens (tertiary/aromatic N) is 2. The van der Waals surface area contributed by atoms with Crippen molar-refractivity contribution in [3.05, 3.63) is 48.7 Å². The summed E-state index contributed by atoms with van der Waals surface area (Å²) in [5.74, 6) is 0.928. The van der Waals surface area contributed by atoms with Crippen LogP contribution in [0.3, 0.4) is 0 Å². The number of hydrogen-bond donors (Lipinski definition) is 1. The molecule has 0 saturated carbocycles. The van der Waals surface area contributed by atoms with E-state index in [1.807, 2.05) is 30.5 Å². The Kier molecular flexibility index (Phi) is 4.18. The summed E-state index contributed by atoms with van der Waals surface area (Å²) >= 11 is 0. The molecule has 18 heavy (non-hydrogen) atoms. The molecule has 0 aliphatic carbocycles. The Morgan fingerprint density at radius 2 is 1.89 bits per heavy atom. The van der Waals surface area contributed by atoms with Gasteiger partial charge in [0.15, 0.2) is 0 Å². The van der Waals surface area contributed by atoms with Crippen LogP contribution >= 0.6 is 0 Å². The minimum Gasteiger partial charge on any atom is -0.370 e. The van der Waals surface area contributed by atoms with Gasteiger partial charge in [-0.2, -0.15) is 0 Å². The number of para-hydroxylation sites is 1. The molecule has 1 aromatic heterocycles. The second-order valence-corrected chi connectivity index (χ2v) is 4.22. The van der Waals surface area contributed by atoms with Crippen LogP contribution in [0, 0.1) is 0 Å². The van der Waals surface area contributed by atoms with Crippen LogP contribution in [0.2, 0.25) is 0 Å². The molecule has 1 aromatic carbocycles. The maximum absolute atomic E-state index is 4.32. The van der Waals surface area contributed by atoms with Gasteiger partial charge in [0.1, 0.15) is 5.82 Å². The molecule has 3 nitrogen and oxygen atoms in total. The highest BCUT2D eigenvalue weighted by Gasteiger charge is 2.04. The van der Waals surface area contributed by atoms with E-state index in [1.54, 1.807) is 0 Å². The molecule has 0 aliphatic rings. The van der Waals surface area contributed by atoms with Crippen molar-refractivity contribution in [3.63, 3.8) is 0 Å². The van der Waals surface area contributed by atoms with Crippen molar-refractivity contribution in [1.29, 1.82) is 0 Å². The summed E-state index contributed by atoms with van der Waals surface area (Å²) in [5.41, 5.74) is 2.31. The molecule has 0 aliphatic heterocycles. The lowest BCUT2D eigenvalue weighted by molar-refractivity contribution is 0.968. The number of nitrogens with one attached hydrogen (secondary N) is 1. The van der Waals surface area contributed by atoms with Gasteiger partial charge >= 0.3 is 0 Å². The van der Waals surface area contributed by atoms with Gasteiger partial charge in [0.25, 0.3) is 0 Å². The van der Waals surface area contributed by atoms with E-state index in [9.17, 15) is 0 Å². The van der Waals surface area contributed by atoms with Crippen LogP contribution < -0.4 is 10.2 Å². The van der Waals surface area contributed by atoms with Crippen molar-refractivity contribution in [2.75, 3.05) is 23.8 Å². The molecule has 94 valence electrons. The number of benzene rings is 1. The third-order valence-electron chi connectivity index (χ3n) is 2.83. The topological polar surface area (TPSA) is 28.2 Å². The average molecular weight is 241 g/mol. The van der Waals surface area contributed by atoms with Crippen LogP contribution in [0.5, 0.6) is 0 Å². The highest BCUT2D eigenvalue weighted by Crippen LogP contribution is 2.24. The maximum Gasteiger partial charge on any atom is 0.127 e. The average Bonchev–Trinajstić information content (AvgIpc) is 2.45. The van der Waals surface area contributed by atoms with Gasteiger partial charge in [0.2, 0.25) is 0 Å². The first-order chi connectivity index (χ1) is 8.81. The van der Waals surface area contributed by atoms with Crippen LogP contribution in [0.1, 0.15) is 13.3 Å². The summed E-state index contributed by atoms with van der Waals surface area (Å²) < 4.78 is 0. The SMILES string of the molecule is CCCNc1cc(N(C)c2ccccc2)ccn1. The smallest absolute Gasteiger partial charge is 0.127 e. The molecule has 3 heteroatoms. The molecule has 1 N–H and O–H groups in total. The molecule has 0 spiro atoms. The summed E-state index contributed by atoms with van der Waals surface area (Å²) in [6.07, 6.45) is 2.94. The summed E-state index contributed by atoms with van der Waals surface area (Å²) in [4.78, 5) is 6.47. The van der Waals surface area contributed by atoms with E-state index in [2.05, 4.69) is 47.4 Å². The maximum atomic E-state index is 4.32. The molecule has 0 radical (unpaired) electrons. The van der Waals surface area contributed by atoms with Crippen LogP contribution in [0.15, 0.2) is 48.7 Å². The third kappa shape index (κ3) is 3.00. The summed E-state index contributed by atoms with van der Waals surface area (Å²) in [5, 5.41) is 3.30. The molecule has 1 heterocycles. The van der Waals surface area contributed by atoms with Gasteiger partial charge in [-0.05, 0) is 24.6 Å². The second-order valence-electron chi connectivity index (χ2n) is 4.22. The van der Waals surface area contributed by atoms with E-state index < -0.39 is 0 Å². The summed E-state index contributed by atoms with van der Waals surface area (Å²) in [6, 6.07) is 14.4. The number of rotatable bonds is 5. The molecular weight excluding hydrogens is 222 g/mol. The number of anilines is 3. The van der Waals surface area contributed by atoms with E-state index in [4.69, 9.17) is 0 Å². The Labute approximate surface area is 108 Å². The number of hydrogen-bond acceptors (Lipinski definition) is 3. The molecule has 0 fully saturated rings. The monoisotopic (exact) mass is 241 g/mol. The second kappa shape index (κ2) is 6.05. The van der Waals surface area contributed by atoms with Crippen molar-refractivity contribution < 1.29 is 0 Å². The van der Waals surface area contributed by atoms with E-state index in [1.165, 1.54) is 5.69 Å². The van der Waals surface area contributed by atoms with Crippen molar-refractivity contribution in [3.8, 4) is 0 Å². The first-order valence-electron chi connectivity index (χ1n) is 6.30. The first kappa shape index (κ1) is 12.4. The van der Waals surface area contributed by atoms with E-state index in [0.29, 0.717) is 0 Å². The van der Waals surface area contributed by atoms with Crippen LogP contribution in [0.4, 0.5) is 17.2 Å². The lowest BCUT2D eigenvalue weighted by atomic mass is 10.2. The lowest BCUT2D eigenvalue weighted by Gasteiger charge is -2.20. The Balaban J connectivity index is 2.17. The van der Waals surface area contributed by atoms with Crippen LogP contribution in [-0.2, 0) is 0 Å². The Morgan fingerprint density at radius 1 is 1.11 bits per heavy atom. The van der Waals surface area contributed by atoms with E-state index in [-0.39, 0.29) is 0 Å². The number of pyridine rings is 1. The van der Waals surface area contributed by atoms with Crippen molar-refractivity contribution in [2.45, 2.75) is 13.3 Å². The van der Waals surface area contributed by atoms with Gasteiger partial charge < -0.3 is 10.2 Å². The van der Waals surface area contributed by atoms with Gasteiger partial charge in [-0.1, -0.05) is 25.1 Å². The quantitative estimate of drug-likeness (QED) is 0.865. The highest BCUT2D eigenvalue weighted by molar-refractivity contribution is 5.64. The van der Waals surface area contributed by atoms with Crippen molar-refractivity contribution in [1.82, 2.24) is 4.98 Å². The molecule has 2 aromatic rings. The number of aromatic nitrogens is 1. The minimum atomic E-state index is 0.928. The van der Waals surface area contributed by atoms with Gasteiger partial charge in [0, 0.05) is 37.2 Å². The van der Waals surface area contributed by atoms with Gasteiger partial charge in [0.05, 0.1) is 0 Å². The molecular formula is C15H19N3. The van der Waals surface area contributed by atoms with E-state index in [0.717, 1.165) is 24.5 Å². The lowest BCUT2D eigenvalue weighted by Crippen LogP contribution is -2.10. The molecule has 0 bridgehead atoms. The molecule has 0 atom stereocenters. The fourth-order valence-electron chi connectivity index (χ4n) is 1.78. The van der Waals surface area contributed by atoms with Gasteiger partial charge in [-0.25, -0.2) is 4.98 Å². The van der Waals surface area contributed by atoms with Crippen LogP contribution in [0.25, 0.3) is 0 Å². The molecule has 0 unspecified atom stereocenters. The zero-order valence-corrected chi connectivity index (χ0v) is 10.9. The fraction of sp³-hybridized carbons (Fsp3) is 0.267. The largest absolute Gasteiger partial charge is 0.370 e. The standard InChI is InChI=1S/C15H19N3/c1-3-10-16-15-12-14(9-11-17-15)18(2)13-7-5-4-6-8-13/h4-9,11-12H,3,10H2,1-2H3,(H,16,17). The molecule has 0 amide bonds. The molecule has 0 saturated heterocycles. The Morgan fingerprint density at radius 3 is 2.61 bits per heavy atom. The first-order valence-corrected chi connectivity index (χ1v) is 6.30. The minimum absolute atomic E-state index is 0.928. The summed E-state index contributed by atoms with van der Waals surface area (Å²) in [7, 11) is 2.06. The fourth-order valence-corrected chi connectivity index (χ4v) is 1.78. The van der Waals surface area contributed by atoms with Crippen molar-refractivity contribution >= 4 is 17.2 Å². The van der Waals surface area contributed by atoms with Crippen molar-refractivity contribution in [2.24, 2.45) is 0 Å². The zero-order valence-electron chi connectivity index (χ0n) is 10.9. The van der Waals surface area contributed by atoms with Crippen LogP contribution in [-0.4, -0.2) is 18.6 Å². The predicted molar refractivity (Wildman–Crippen MR) is 77.5 cm³/mol. The highest BCUT2D eigenvalue weighted by atomic mass is 15.1. The third-order valence-corrected chi connectivity index (χ3v) is 2.83. The van der Waals surface area contributed by atoms with Gasteiger partial charge in [-0.15, -0.1) is 0 Å². The summed E-state index contributed by atoms with van der Waals surface area (Å²) in [6.45, 7) is 3.10. The van der Waals surface area contributed by atoms with E-state index >= 15 is 0 Å². The molecule has 2 rings (SSSR count). The normalized spacial score (nSPS) is 10.1. The zero-order chi connectivity index (χ0) is 12.8. The Bertz CT molecular complexity index is 482.